The van der Waals surface area contributed by atoms with Crippen molar-refractivity contribution in [3.8, 4) is 5.75 Å². The summed E-state index contributed by atoms with van der Waals surface area (Å²) in [6.45, 7) is 0. The van der Waals surface area contributed by atoms with Gasteiger partial charge in [0.1, 0.15) is 5.75 Å². The van der Waals surface area contributed by atoms with E-state index in [1.54, 1.807) is 0 Å². The minimum absolute atomic E-state index is 0.0407. The summed E-state index contributed by atoms with van der Waals surface area (Å²) in [5, 5.41) is 9.47. The van der Waals surface area contributed by atoms with Crippen molar-refractivity contribution in [3.05, 3.63) is 22.7 Å². The third kappa shape index (κ3) is 4.36. The van der Waals surface area contributed by atoms with E-state index in [0.717, 1.165) is 0 Å². The van der Waals surface area contributed by atoms with Crippen LogP contribution in [0.4, 0.5) is 0 Å². The highest BCUT2D eigenvalue weighted by Crippen LogP contribution is 2.66. The maximum absolute atomic E-state index is 11.1. The number of hydrogen-bond acceptors (Lipinski definition) is 4. The van der Waals surface area contributed by atoms with Crippen molar-refractivity contribution in [2.24, 2.45) is 0 Å². The highest BCUT2D eigenvalue weighted by atomic mass is 79.9. The predicted octanol–water partition coefficient (Wildman–Crippen LogP) is 1.89. The molecule has 0 aliphatic rings. The Kier molecular flexibility index (Phi) is 5.08. The van der Waals surface area contributed by atoms with Gasteiger partial charge >= 0.3 is 15.2 Å². The molecule has 0 saturated carbocycles. The van der Waals surface area contributed by atoms with E-state index in [9.17, 15) is 14.2 Å². The number of halogens is 1. The first-order chi connectivity index (χ1) is 8.01. The Bertz CT molecular complexity index is 517. The van der Waals surface area contributed by atoms with E-state index in [1.165, 1.54) is 18.2 Å². The quantitative estimate of drug-likeness (QED) is 0.395. The molecule has 1 aromatic carbocycles. The molecule has 0 radical (unpaired) electrons. The maximum Gasteiger partial charge on any atom is 0.351 e. The number of hydrogen-bond donors (Lipinski definition) is 5. The van der Waals surface area contributed by atoms with E-state index in [4.69, 9.17) is 19.6 Å². The van der Waals surface area contributed by atoms with Crippen molar-refractivity contribution in [2.75, 3.05) is 0 Å². The van der Waals surface area contributed by atoms with Gasteiger partial charge in [0, 0.05) is 4.47 Å². The molecule has 5 N–H and O–H groups in total. The van der Waals surface area contributed by atoms with Crippen LogP contribution in [-0.4, -0.2) is 29.4 Å². The average Bonchev–Trinajstić information content (AvgIpc) is 2.15. The lowest BCUT2D eigenvalue weighted by Gasteiger charge is -2.19. The molecule has 0 spiro atoms. The fraction of sp³-hybridized carbons (Fsp3) is 0.143. The summed E-state index contributed by atoms with van der Waals surface area (Å²) in [6, 6.07) is 4.02. The van der Waals surface area contributed by atoms with Crippen LogP contribution in [0.2, 0.25) is 0 Å². The monoisotopic (exact) mass is 378 g/mol. The summed E-state index contributed by atoms with van der Waals surface area (Å²) in [4.78, 5) is 35.7. The SMILES string of the molecule is O=P(O)(O)C(Sc1cc(Br)ccc1O)P(=O)(O)O. The lowest BCUT2D eigenvalue weighted by atomic mass is 10.3. The molecule has 1 rings (SSSR count). The number of thioether (sulfide) groups is 1. The Morgan fingerprint density at radius 1 is 1.11 bits per heavy atom. The van der Waals surface area contributed by atoms with E-state index in [0.29, 0.717) is 4.47 Å². The van der Waals surface area contributed by atoms with E-state index >= 15 is 0 Å². The first-order valence-electron chi connectivity index (χ1n) is 4.27. The van der Waals surface area contributed by atoms with Crippen LogP contribution in [0.1, 0.15) is 0 Å². The van der Waals surface area contributed by atoms with Crippen LogP contribution in [-0.2, 0) is 9.13 Å². The molecule has 0 aliphatic heterocycles. The van der Waals surface area contributed by atoms with Crippen LogP contribution in [0.25, 0.3) is 0 Å². The minimum Gasteiger partial charge on any atom is -0.507 e. The van der Waals surface area contributed by atoms with E-state index in [-0.39, 0.29) is 22.4 Å². The van der Waals surface area contributed by atoms with Crippen molar-refractivity contribution in [1.82, 2.24) is 0 Å². The summed E-state index contributed by atoms with van der Waals surface area (Å²) in [6.07, 6.45) is 0. The largest absolute Gasteiger partial charge is 0.507 e. The summed E-state index contributed by atoms with van der Waals surface area (Å²) >= 11 is 3.31. The van der Waals surface area contributed by atoms with Gasteiger partial charge in [-0.1, -0.05) is 27.7 Å². The second-order valence-corrected chi connectivity index (χ2v) is 9.79. The summed E-state index contributed by atoms with van der Waals surface area (Å²) in [7, 11) is -10.0. The lowest BCUT2D eigenvalue weighted by Crippen LogP contribution is -2.04. The van der Waals surface area contributed by atoms with Crippen molar-refractivity contribution in [1.29, 1.82) is 0 Å². The topological polar surface area (TPSA) is 135 Å². The number of phenolic OH excluding ortho intramolecular Hbond substituents is 1. The molecular formula is C7H9BrO7P2S. The predicted molar refractivity (Wildman–Crippen MR) is 69.5 cm³/mol. The van der Waals surface area contributed by atoms with Gasteiger partial charge in [-0.3, -0.25) is 9.13 Å². The summed E-state index contributed by atoms with van der Waals surface area (Å²) in [5.41, 5.74) is 0. The molecule has 0 heterocycles. The normalized spacial score (nSPS) is 13.0. The Balaban J connectivity index is 3.16. The first kappa shape index (κ1) is 16.2. The van der Waals surface area contributed by atoms with Crippen LogP contribution >= 0.6 is 42.9 Å². The van der Waals surface area contributed by atoms with E-state index in [1.807, 2.05) is 0 Å². The molecule has 102 valence electrons. The zero-order chi connectivity index (χ0) is 14.1. The Morgan fingerprint density at radius 2 is 1.61 bits per heavy atom. The first-order valence-corrected chi connectivity index (χ1v) is 9.31. The van der Waals surface area contributed by atoms with E-state index in [2.05, 4.69) is 15.9 Å². The third-order valence-corrected chi connectivity index (χ3v) is 8.25. The molecule has 0 aliphatic carbocycles. The number of benzene rings is 1. The molecule has 0 amide bonds. The fourth-order valence-corrected chi connectivity index (χ4v) is 5.50. The highest BCUT2D eigenvalue weighted by Gasteiger charge is 2.44. The number of phenols is 1. The maximum atomic E-state index is 11.1. The zero-order valence-corrected chi connectivity index (χ0v) is 12.7. The van der Waals surface area contributed by atoms with Crippen LogP contribution in [0.5, 0.6) is 5.75 Å². The minimum atomic E-state index is -5.02. The van der Waals surface area contributed by atoms with Crippen LogP contribution < -0.4 is 0 Å². The molecule has 0 aromatic heterocycles. The van der Waals surface area contributed by atoms with E-state index < -0.39 is 19.9 Å². The van der Waals surface area contributed by atoms with Gasteiger partial charge in [0.05, 0.1) is 4.90 Å². The van der Waals surface area contributed by atoms with Crippen LogP contribution in [0, 0.1) is 0 Å². The Hall–Kier alpha value is 0.150. The molecular weight excluding hydrogens is 370 g/mol. The van der Waals surface area contributed by atoms with Gasteiger partial charge < -0.3 is 24.7 Å². The second kappa shape index (κ2) is 5.64. The van der Waals surface area contributed by atoms with Crippen molar-refractivity contribution in [3.63, 3.8) is 0 Å². The van der Waals surface area contributed by atoms with Gasteiger partial charge in [0.25, 0.3) is 0 Å². The highest BCUT2D eigenvalue weighted by molar-refractivity contribution is 9.10. The molecule has 1 aromatic rings. The number of rotatable bonds is 4. The molecule has 0 atom stereocenters. The van der Waals surface area contributed by atoms with Gasteiger partial charge in [-0.2, -0.15) is 0 Å². The van der Waals surface area contributed by atoms with Gasteiger partial charge in [-0.05, 0) is 18.2 Å². The molecule has 0 fully saturated rings. The van der Waals surface area contributed by atoms with Gasteiger partial charge in [-0.15, -0.1) is 0 Å². The van der Waals surface area contributed by atoms with Crippen molar-refractivity contribution < 1.29 is 33.8 Å². The summed E-state index contributed by atoms with van der Waals surface area (Å²) < 4.78 is 20.4. The molecule has 7 nitrogen and oxygen atoms in total. The Labute approximate surface area is 115 Å². The van der Waals surface area contributed by atoms with Crippen LogP contribution in [0.3, 0.4) is 0 Å². The molecule has 11 heteroatoms. The van der Waals surface area contributed by atoms with Gasteiger partial charge in [0.15, 0.2) is 0 Å². The average molecular weight is 379 g/mol. The standard InChI is InChI=1S/C7H9BrO7P2S/c8-4-1-2-5(9)6(3-4)18-7(16(10,11)12)17(13,14)15/h1-3,7,9H,(H2,10,11,12)(H2,13,14,15). The molecule has 0 unspecified atom stereocenters. The zero-order valence-electron chi connectivity index (χ0n) is 8.54. The number of aromatic hydroxyl groups is 1. The Morgan fingerprint density at radius 3 is 2.06 bits per heavy atom. The second-order valence-electron chi connectivity index (χ2n) is 3.23. The van der Waals surface area contributed by atoms with Crippen molar-refractivity contribution >= 4 is 42.9 Å². The van der Waals surface area contributed by atoms with Crippen LogP contribution in [0.15, 0.2) is 27.6 Å². The smallest absolute Gasteiger partial charge is 0.351 e. The molecule has 0 saturated heterocycles. The van der Waals surface area contributed by atoms with Crippen molar-refractivity contribution in [2.45, 2.75) is 9.63 Å². The molecule has 0 bridgehead atoms. The van der Waals surface area contributed by atoms with Gasteiger partial charge in [0.2, 0.25) is 4.73 Å². The lowest BCUT2D eigenvalue weighted by molar-refractivity contribution is 0.352. The fourth-order valence-electron chi connectivity index (χ4n) is 1.03. The van der Waals surface area contributed by atoms with Gasteiger partial charge in [-0.25, -0.2) is 0 Å². The third-order valence-electron chi connectivity index (χ3n) is 1.73. The molecule has 18 heavy (non-hydrogen) atoms. The summed E-state index contributed by atoms with van der Waals surface area (Å²) in [5.74, 6) is -0.324.